The van der Waals surface area contributed by atoms with Crippen LogP contribution >= 0.6 is 23.2 Å². The summed E-state index contributed by atoms with van der Waals surface area (Å²) in [6, 6.07) is 5.76. The molecule has 9 heteroatoms. The number of halogens is 2. The van der Waals surface area contributed by atoms with Gasteiger partial charge in [0.15, 0.2) is 0 Å². The average molecular weight is 387 g/mol. The summed E-state index contributed by atoms with van der Waals surface area (Å²) in [7, 11) is 1.47. The highest BCUT2D eigenvalue weighted by Gasteiger charge is 2.16. The number of carbonyl (C=O) groups is 1. The van der Waals surface area contributed by atoms with Crippen molar-refractivity contribution in [1.82, 2.24) is 9.55 Å². The number of aromatic amines is 1. The molecule has 1 aromatic heterocycles. The van der Waals surface area contributed by atoms with E-state index in [4.69, 9.17) is 32.7 Å². The fraction of sp³-hybridized carbons (Fsp3) is 0.312. The normalized spacial score (nSPS) is 12.0. The second-order valence-corrected chi connectivity index (χ2v) is 6.02. The van der Waals surface area contributed by atoms with Crippen molar-refractivity contribution < 1.29 is 14.3 Å². The van der Waals surface area contributed by atoms with Crippen molar-refractivity contribution in [3.63, 3.8) is 0 Å². The maximum Gasteiger partial charge on any atom is 0.339 e. The molecule has 134 valence electrons. The van der Waals surface area contributed by atoms with E-state index >= 15 is 0 Å². The van der Waals surface area contributed by atoms with Gasteiger partial charge in [0.05, 0.1) is 16.7 Å². The van der Waals surface area contributed by atoms with Crippen molar-refractivity contribution >= 4 is 29.2 Å². The van der Waals surface area contributed by atoms with Crippen molar-refractivity contribution in [2.75, 3.05) is 13.7 Å². The summed E-state index contributed by atoms with van der Waals surface area (Å²) in [5, 5.41) is 0.611. The lowest BCUT2D eigenvalue weighted by atomic mass is 10.2. The zero-order valence-corrected chi connectivity index (χ0v) is 14.8. The number of methoxy groups -OCH3 is 1. The zero-order valence-electron chi connectivity index (χ0n) is 13.3. The van der Waals surface area contributed by atoms with Gasteiger partial charge in [-0.15, -0.1) is 0 Å². The van der Waals surface area contributed by atoms with Crippen LogP contribution in [0.2, 0.25) is 10.0 Å². The van der Waals surface area contributed by atoms with Crippen LogP contribution in [-0.4, -0.2) is 35.3 Å². The number of H-pyrrole nitrogens is 1. The minimum absolute atomic E-state index is 0.0176. The number of hydrogen-bond acceptors (Lipinski definition) is 5. The molecular weight excluding hydrogens is 371 g/mol. The lowest BCUT2D eigenvalue weighted by Crippen LogP contribution is -2.31. The van der Waals surface area contributed by atoms with Crippen LogP contribution in [0, 0.1) is 0 Å². The Hall–Kier alpha value is -2.09. The molecule has 0 saturated heterocycles. The van der Waals surface area contributed by atoms with Crippen molar-refractivity contribution in [3.05, 3.63) is 66.9 Å². The minimum atomic E-state index is -0.615. The van der Waals surface area contributed by atoms with E-state index in [1.165, 1.54) is 36.1 Å². The van der Waals surface area contributed by atoms with Crippen molar-refractivity contribution in [2.45, 2.75) is 19.1 Å². The van der Waals surface area contributed by atoms with Crippen molar-refractivity contribution in [2.24, 2.45) is 0 Å². The van der Waals surface area contributed by atoms with E-state index in [1.54, 1.807) is 6.07 Å². The number of hydrogen-bond donors (Lipinski definition) is 1. The van der Waals surface area contributed by atoms with E-state index in [-0.39, 0.29) is 17.2 Å². The molecular formula is C16H16Cl2N2O5. The van der Waals surface area contributed by atoms with Crippen molar-refractivity contribution in [3.8, 4) is 0 Å². The molecule has 25 heavy (non-hydrogen) atoms. The Bertz CT molecular complexity index is 862. The first-order valence-corrected chi connectivity index (χ1v) is 8.11. The maximum absolute atomic E-state index is 12.1. The molecule has 0 amide bonds. The van der Waals surface area contributed by atoms with E-state index in [1.807, 2.05) is 0 Å². The minimum Gasteiger partial charge on any atom is -0.459 e. The fourth-order valence-corrected chi connectivity index (χ4v) is 2.44. The van der Waals surface area contributed by atoms with Gasteiger partial charge in [-0.3, -0.25) is 9.78 Å². The van der Waals surface area contributed by atoms with E-state index in [2.05, 4.69) is 4.98 Å². The molecule has 2 aromatic rings. The first-order chi connectivity index (χ1) is 11.9. The van der Waals surface area contributed by atoms with Crippen LogP contribution in [-0.2, 0) is 16.0 Å². The number of aromatic nitrogens is 2. The second kappa shape index (κ2) is 8.84. The van der Waals surface area contributed by atoms with E-state index < -0.39 is 23.3 Å². The Labute approximate surface area is 153 Å². The third-order valence-electron chi connectivity index (χ3n) is 3.47. The number of carbonyl (C=O) groups excluding carboxylic acids is 1. The Kier molecular flexibility index (Phi) is 6.81. The van der Waals surface area contributed by atoms with E-state index in [0.717, 1.165) is 0 Å². The molecule has 0 spiro atoms. The third kappa shape index (κ3) is 5.45. The highest BCUT2D eigenvalue weighted by atomic mass is 35.5. The molecule has 1 unspecified atom stereocenters. The predicted octanol–water partition coefficient (Wildman–Crippen LogP) is 2.11. The number of nitrogens with zero attached hydrogens (tertiary/aromatic N) is 1. The highest BCUT2D eigenvalue weighted by Crippen LogP contribution is 2.21. The Balaban J connectivity index is 1.93. The van der Waals surface area contributed by atoms with Gasteiger partial charge < -0.3 is 14.0 Å². The number of ether oxygens (including phenoxy) is 2. The molecule has 1 heterocycles. The van der Waals surface area contributed by atoms with Gasteiger partial charge in [0, 0.05) is 30.9 Å². The van der Waals surface area contributed by atoms with E-state index in [0.29, 0.717) is 18.0 Å². The molecule has 0 fully saturated rings. The summed E-state index contributed by atoms with van der Waals surface area (Å²) in [6.07, 6.45) is 1.37. The number of aryl methyl sites for hydroxylation is 1. The topological polar surface area (TPSA) is 90.4 Å². The van der Waals surface area contributed by atoms with Gasteiger partial charge in [-0.2, -0.15) is 0 Å². The molecule has 2 rings (SSSR count). The summed E-state index contributed by atoms with van der Waals surface area (Å²) in [5.74, 6) is -0.615. The molecule has 0 aliphatic heterocycles. The monoisotopic (exact) mass is 386 g/mol. The Morgan fingerprint density at radius 1 is 1.28 bits per heavy atom. The van der Waals surface area contributed by atoms with Crippen LogP contribution in [0.4, 0.5) is 0 Å². The van der Waals surface area contributed by atoms with Crippen LogP contribution in [0.25, 0.3) is 0 Å². The predicted molar refractivity (Wildman–Crippen MR) is 93.5 cm³/mol. The van der Waals surface area contributed by atoms with E-state index in [9.17, 15) is 14.4 Å². The number of rotatable bonds is 7. The summed E-state index contributed by atoms with van der Waals surface area (Å²) in [4.78, 5) is 36.9. The largest absolute Gasteiger partial charge is 0.459 e. The standard InChI is InChI=1S/C16H16Cl2N2O5/c1-24-11(4-6-20-7-5-14(21)19-16(20)23)9-25-15(22)12-8-10(17)2-3-13(12)18/h2-3,5,7-8,11H,4,6,9H2,1H3,(H,19,21,23). The average Bonchev–Trinajstić information content (AvgIpc) is 2.58. The fourth-order valence-electron chi connectivity index (χ4n) is 2.07. The van der Waals surface area contributed by atoms with Crippen LogP contribution in [0.5, 0.6) is 0 Å². The summed E-state index contributed by atoms with van der Waals surface area (Å²) < 4.78 is 11.8. The van der Waals surface area contributed by atoms with Gasteiger partial charge in [-0.05, 0) is 24.6 Å². The van der Waals surface area contributed by atoms with Gasteiger partial charge in [0.1, 0.15) is 6.61 Å². The maximum atomic E-state index is 12.1. The smallest absolute Gasteiger partial charge is 0.339 e. The highest BCUT2D eigenvalue weighted by molar-refractivity contribution is 6.35. The zero-order chi connectivity index (χ0) is 18.4. The van der Waals surface area contributed by atoms with Crippen LogP contribution in [0.3, 0.4) is 0 Å². The lowest BCUT2D eigenvalue weighted by Gasteiger charge is -2.16. The van der Waals surface area contributed by atoms with Gasteiger partial charge in [0.25, 0.3) is 5.56 Å². The molecule has 0 saturated carbocycles. The molecule has 0 aliphatic rings. The number of nitrogens with one attached hydrogen (secondary N) is 1. The first kappa shape index (κ1) is 19.2. The third-order valence-corrected chi connectivity index (χ3v) is 4.04. The van der Waals surface area contributed by atoms with Crippen LogP contribution < -0.4 is 11.2 Å². The van der Waals surface area contributed by atoms with Crippen LogP contribution in [0.1, 0.15) is 16.8 Å². The molecule has 7 nitrogen and oxygen atoms in total. The van der Waals surface area contributed by atoms with Gasteiger partial charge >= 0.3 is 11.7 Å². The number of esters is 1. The molecule has 0 bridgehead atoms. The summed E-state index contributed by atoms with van der Waals surface area (Å²) >= 11 is 11.8. The molecule has 1 atom stereocenters. The van der Waals surface area contributed by atoms with Gasteiger partial charge in [-0.25, -0.2) is 9.59 Å². The second-order valence-electron chi connectivity index (χ2n) is 5.17. The molecule has 1 aromatic carbocycles. The Morgan fingerprint density at radius 3 is 2.72 bits per heavy atom. The number of benzene rings is 1. The van der Waals surface area contributed by atoms with Gasteiger partial charge in [-0.1, -0.05) is 23.2 Å². The Morgan fingerprint density at radius 2 is 2.04 bits per heavy atom. The first-order valence-electron chi connectivity index (χ1n) is 7.35. The SMILES string of the molecule is COC(CCn1ccc(=O)[nH]c1=O)COC(=O)c1cc(Cl)ccc1Cl. The quantitative estimate of drug-likeness (QED) is 0.735. The van der Waals surface area contributed by atoms with Gasteiger partial charge in [0.2, 0.25) is 0 Å². The molecule has 0 aliphatic carbocycles. The molecule has 0 radical (unpaired) electrons. The summed E-state index contributed by atoms with van der Waals surface area (Å²) in [6.45, 7) is 0.278. The lowest BCUT2D eigenvalue weighted by molar-refractivity contribution is 0.00651. The summed E-state index contributed by atoms with van der Waals surface area (Å²) in [5.41, 5.74) is -0.803. The van der Waals surface area contributed by atoms with Crippen LogP contribution in [0.15, 0.2) is 40.1 Å². The van der Waals surface area contributed by atoms with Crippen molar-refractivity contribution in [1.29, 1.82) is 0 Å². The molecule has 1 N–H and O–H groups in total.